The Kier molecular flexibility index (Phi) is 6.84. The first kappa shape index (κ1) is 17.7. The van der Waals surface area contributed by atoms with Gasteiger partial charge in [0.1, 0.15) is 0 Å². The second-order valence-corrected chi connectivity index (χ2v) is 6.83. The molecule has 0 aromatic heterocycles. The molecule has 0 radical (unpaired) electrons. The zero-order valence-corrected chi connectivity index (χ0v) is 13.7. The summed E-state index contributed by atoms with van der Waals surface area (Å²) in [7, 11) is -3.55. The molecule has 1 unspecified atom stereocenters. The second-order valence-electron chi connectivity index (χ2n) is 5.06. The van der Waals surface area contributed by atoms with Gasteiger partial charge in [0, 0.05) is 18.2 Å². The minimum absolute atomic E-state index is 0.0560. The predicted octanol–water partition coefficient (Wildman–Crippen LogP) is 2.29. The Balaban J connectivity index is 2.87. The van der Waals surface area contributed by atoms with E-state index in [1.54, 1.807) is 12.1 Å². The molecular formula is C15H24N2O3S. The summed E-state index contributed by atoms with van der Waals surface area (Å²) in [5, 5.41) is 2.82. The average Bonchev–Trinajstić information content (AvgIpc) is 2.47. The number of rotatable bonds is 8. The van der Waals surface area contributed by atoms with E-state index in [1.807, 2.05) is 20.8 Å². The molecule has 1 rings (SSSR count). The predicted molar refractivity (Wildman–Crippen MR) is 83.8 cm³/mol. The topological polar surface area (TPSA) is 75.3 Å². The third-order valence-electron chi connectivity index (χ3n) is 3.22. The number of sulfonamides is 1. The molecule has 5 nitrogen and oxygen atoms in total. The van der Waals surface area contributed by atoms with Gasteiger partial charge < -0.3 is 5.32 Å². The standard InChI is InChI=1S/C15H24N2O3S/c1-4-6-10-16-21(19,20)14-9-7-8-13(11-14)15(18)17-12(3)5-2/h7-9,11-12,16H,4-6,10H2,1-3H3,(H,17,18). The summed E-state index contributed by atoms with van der Waals surface area (Å²) in [6.45, 7) is 6.28. The maximum absolute atomic E-state index is 12.1. The highest BCUT2D eigenvalue weighted by Gasteiger charge is 2.16. The van der Waals surface area contributed by atoms with Crippen molar-refractivity contribution in [3.63, 3.8) is 0 Å². The van der Waals surface area contributed by atoms with Crippen molar-refractivity contribution in [2.24, 2.45) is 0 Å². The number of unbranched alkanes of at least 4 members (excludes halogenated alkanes) is 1. The number of carbonyl (C=O) groups is 1. The summed E-state index contributed by atoms with van der Waals surface area (Å²) in [4.78, 5) is 12.1. The summed E-state index contributed by atoms with van der Waals surface area (Å²) in [5.74, 6) is -0.255. The van der Waals surface area contributed by atoms with Crippen molar-refractivity contribution in [3.8, 4) is 0 Å². The largest absolute Gasteiger partial charge is 0.350 e. The molecule has 1 amide bonds. The van der Waals surface area contributed by atoms with E-state index in [0.717, 1.165) is 19.3 Å². The van der Waals surface area contributed by atoms with Crippen molar-refractivity contribution in [2.75, 3.05) is 6.54 Å². The third-order valence-corrected chi connectivity index (χ3v) is 4.68. The molecular weight excluding hydrogens is 288 g/mol. The van der Waals surface area contributed by atoms with Gasteiger partial charge in [0.2, 0.25) is 10.0 Å². The van der Waals surface area contributed by atoms with Crippen molar-refractivity contribution in [3.05, 3.63) is 29.8 Å². The zero-order valence-electron chi connectivity index (χ0n) is 12.8. The molecule has 0 aliphatic heterocycles. The number of amides is 1. The SMILES string of the molecule is CCCCNS(=O)(=O)c1cccc(C(=O)NC(C)CC)c1. The quantitative estimate of drug-likeness (QED) is 0.723. The van der Waals surface area contributed by atoms with Gasteiger partial charge in [-0.1, -0.05) is 26.3 Å². The van der Waals surface area contributed by atoms with E-state index in [2.05, 4.69) is 10.0 Å². The van der Waals surface area contributed by atoms with Crippen molar-refractivity contribution in [1.29, 1.82) is 0 Å². The summed E-state index contributed by atoms with van der Waals surface area (Å²) < 4.78 is 26.8. The number of hydrogen-bond donors (Lipinski definition) is 2. The lowest BCUT2D eigenvalue weighted by molar-refractivity contribution is 0.0939. The van der Waals surface area contributed by atoms with E-state index < -0.39 is 10.0 Å². The van der Waals surface area contributed by atoms with Crippen LogP contribution >= 0.6 is 0 Å². The van der Waals surface area contributed by atoms with Crippen LogP contribution in [0.1, 0.15) is 50.4 Å². The van der Waals surface area contributed by atoms with E-state index in [0.29, 0.717) is 12.1 Å². The Morgan fingerprint density at radius 3 is 2.62 bits per heavy atom. The second kappa shape index (κ2) is 8.14. The number of benzene rings is 1. The molecule has 1 atom stereocenters. The van der Waals surface area contributed by atoms with Crippen LogP contribution in [0.5, 0.6) is 0 Å². The van der Waals surface area contributed by atoms with E-state index in [-0.39, 0.29) is 16.8 Å². The van der Waals surface area contributed by atoms with Crippen LogP contribution in [0.3, 0.4) is 0 Å². The van der Waals surface area contributed by atoms with E-state index in [1.165, 1.54) is 12.1 Å². The molecule has 0 aliphatic carbocycles. The maximum atomic E-state index is 12.1. The van der Waals surface area contributed by atoms with Crippen LogP contribution in [-0.4, -0.2) is 26.9 Å². The van der Waals surface area contributed by atoms with Gasteiger partial charge in [0.15, 0.2) is 0 Å². The van der Waals surface area contributed by atoms with Crippen LogP contribution in [-0.2, 0) is 10.0 Å². The van der Waals surface area contributed by atoms with Gasteiger partial charge in [-0.2, -0.15) is 0 Å². The third kappa shape index (κ3) is 5.47. The van der Waals surface area contributed by atoms with Gasteiger partial charge >= 0.3 is 0 Å². The lowest BCUT2D eigenvalue weighted by atomic mass is 10.2. The summed E-state index contributed by atoms with van der Waals surface area (Å²) >= 11 is 0. The fourth-order valence-corrected chi connectivity index (χ4v) is 2.80. The fraction of sp³-hybridized carbons (Fsp3) is 0.533. The molecule has 21 heavy (non-hydrogen) atoms. The van der Waals surface area contributed by atoms with Gasteiger partial charge in [0.05, 0.1) is 4.90 Å². The molecule has 6 heteroatoms. The van der Waals surface area contributed by atoms with E-state index in [9.17, 15) is 13.2 Å². The summed E-state index contributed by atoms with van der Waals surface area (Å²) in [6, 6.07) is 6.16. The first-order valence-corrected chi connectivity index (χ1v) is 8.79. The molecule has 1 aromatic carbocycles. The monoisotopic (exact) mass is 312 g/mol. The highest BCUT2D eigenvalue weighted by atomic mass is 32.2. The van der Waals surface area contributed by atoms with Crippen LogP contribution in [0, 0.1) is 0 Å². The minimum atomic E-state index is -3.55. The lowest BCUT2D eigenvalue weighted by Gasteiger charge is -2.12. The molecule has 0 saturated heterocycles. The van der Waals surface area contributed by atoms with Crippen molar-refractivity contribution < 1.29 is 13.2 Å². The first-order valence-electron chi connectivity index (χ1n) is 7.31. The van der Waals surface area contributed by atoms with Gasteiger partial charge in [-0.3, -0.25) is 4.79 Å². The lowest BCUT2D eigenvalue weighted by Crippen LogP contribution is -2.32. The minimum Gasteiger partial charge on any atom is -0.350 e. The van der Waals surface area contributed by atoms with E-state index in [4.69, 9.17) is 0 Å². The van der Waals surface area contributed by atoms with Gasteiger partial charge in [-0.25, -0.2) is 13.1 Å². The Labute approximate surface area is 127 Å². The van der Waals surface area contributed by atoms with Crippen molar-refractivity contribution in [2.45, 2.75) is 51.0 Å². The first-order chi connectivity index (χ1) is 9.90. The van der Waals surface area contributed by atoms with Gasteiger partial charge in [-0.05, 0) is 38.0 Å². The van der Waals surface area contributed by atoms with Crippen molar-refractivity contribution in [1.82, 2.24) is 10.0 Å². The highest BCUT2D eigenvalue weighted by molar-refractivity contribution is 7.89. The van der Waals surface area contributed by atoms with E-state index >= 15 is 0 Å². The summed E-state index contributed by atoms with van der Waals surface area (Å²) in [5.41, 5.74) is 0.355. The zero-order chi connectivity index (χ0) is 15.9. The number of hydrogen-bond acceptors (Lipinski definition) is 3. The fourth-order valence-electron chi connectivity index (χ4n) is 1.68. The van der Waals surface area contributed by atoms with Crippen LogP contribution < -0.4 is 10.0 Å². The molecule has 2 N–H and O–H groups in total. The van der Waals surface area contributed by atoms with Crippen LogP contribution in [0.4, 0.5) is 0 Å². The normalized spacial score (nSPS) is 12.9. The Bertz CT molecular complexity index is 570. The molecule has 0 heterocycles. The molecule has 1 aromatic rings. The Morgan fingerprint density at radius 1 is 1.29 bits per heavy atom. The molecule has 0 spiro atoms. The summed E-state index contributed by atoms with van der Waals surface area (Å²) in [6.07, 6.45) is 2.52. The number of nitrogens with one attached hydrogen (secondary N) is 2. The van der Waals surface area contributed by atoms with Gasteiger partial charge in [0.25, 0.3) is 5.91 Å². The maximum Gasteiger partial charge on any atom is 0.251 e. The highest BCUT2D eigenvalue weighted by Crippen LogP contribution is 2.12. The molecule has 0 saturated carbocycles. The van der Waals surface area contributed by atoms with Crippen LogP contribution in [0.25, 0.3) is 0 Å². The molecule has 0 aliphatic rings. The average molecular weight is 312 g/mol. The Hall–Kier alpha value is -1.40. The molecule has 0 fully saturated rings. The van der Waals surface area contributed by atoms with Gasteiger partial charge in [-0.15, -0.1) is 0 Å². The molecule has 0 bridgehead atoms. The Morgan fingerprint density at radius 2 is 2.00 bits per heavy atom. The van der Waals surface area contributed by atoms with Crippen LogP contribution in [0.2, 0.25) is 0 Å². The smallest absolute Gasteiger partial charge is 0.251 e. The van der Waals surface area contributed by atoms with Crippen molar-refractivity contribution >= 4 is 15.9 Å². The molecule has 118 valence electrons. The number of carbonyl (C=O) groups excluding carboxylic acids is 1. The van der Waals surface area contributed by atoms with Crippen LogP contribution in [0.15, 0.2) is 29.2 Å².